The molecule has 0 saturated carbocycles. The number of nitrogens with zero attached hydrogens (tertiary/aromatic N) is 1. The van der Waals surface area contributed by atoms with Gasteiger partial charge >= 0.3 is 5.97 Å². The zero-order valence-electron chi connectivity index (χ0n) is 10.5. The second kappa shape index (κ2) is 5.71. The molecule has 0 aromatic heterocycles. The highest BCUT2D eigenvalue weighted by molar-refractivity contribution is 6.30. The van der Waals surface area contributed by atoms with Gasteiger partial charge in [0.2, 0.25) is 0 Å². The number of carbonyl (C=O) groups excluding carboxylic acids is 1. The molecule has 0 radical (unpaired) electrons. The van der Waals surface area contributed by atoms with Crippen molar-refractivity contribution in [3.63, 3.8) is 0 Å². The summed E-state index contributed by atoms with van der Waals surface area (Å²) in [4.78, 5) is 22.0. The Morgan fingerprint density at radius 1 is 1.25 bits per heavy atom. The molecule has 5 nitrogen and oxygen atoms in total. The number of benzene rings is 2. The van der Waals surface area contributed by atoms with Gasteiger partial charge in [0, 0.05) is 11.1 Å². The van der Waals surface area contributed by atoms with Gasteiger partial charge in [0.1, 0.15) is 0 Å². The van der Waals surface area contributed by atoms with E-state index in [-0.39, 0.29) is 11.3 Å². The Bertz CT molecular complexity index is 685. The third-order valence-electron chi connectivity index (χ3n) is 2.75. The molecule has 0 aliphatic heterocycles. The molecule has 0 amide bonds. The molecule has 20 heavy (non-hydrogen) atoms. The molecule has 102 valence electrons. The summed E-state index contributed by atoms with van der Waals surface area (Å²) in [6.45, 7) is 0. The number of esters is 1. The van der Waals surface area contributed by atoms with E-state index in [2.05, 4.69) is 4.74 Å². The van der Waals surface area contributed by atoms with E-state index < -0.39 is 10.9 Å². The van der Waals surface area contributed by atoms with Crippen LogP contribution in [0.15, 0.2) is 42.5 Å². The van der Waals surface area contributed by atoms with Crippen LogP contribution in [0.4, 0.5) is 5.69 Å². The summed E-state index contributed by atoms with van der Waals surface area (Å²) >= 11 is 5.89. The first-order valence-corrected chi connectivity index (χ1v) is 6.03. The van der Waals surface area contributed by atoms with Gasteiger partial charge in [-0.05, 0) is 29.8 Å². The lowest BCUT2D eigenvalue weighted by Gasteiger charge is -2.06. The lowest BCUT2D eigenvalue weighted by molar-refractivity contribution is -0.384. The molecule has 0 fully saturated rings. The van der Waals surface area contributed by atoms with Gasteiger partial charge in [-0.25, -0.2) is 4.79 Å². The monoisotopic (exact) mass is 291 g/mol. The van der Waals surface area contributed by atoms with E-state index in [0.29, 0.717) is 16.1 Å². The van der Waals surface area contributed by atoms with Gasteiger partial charge < -0.3 is 4.74 Å². The van der Waals surface area contributed by atoms with Crippen molar-refractivity contribution >= 4 is 23.3 Å². The number of halogens is 1. The molecule has 2 rings (SSSR count). The minimum Gasteiger partial charge on any atom is -0.465 e. The summed E-state index contributed by atoms with van der Waals surface area (Å²) in [5, 5.41) is 11.6. The number of nitro benzene ring substituents is 1. The standard InChI is InChI=1S/C14H10ClNO4/c1-20-14(17)10-5-6-12(13(8-10)16(18)19)9-3-2-4-11(15)7-9/h2-8H,1H3. The van der Waals surface area contributed by atoms with Crippen molar-refractivity contribution in [2.24, 2.45) is 0 Å². The zero-order valence-corrected chi connectivity index (χ0v) is 11.3. The minimum atomic E-state index is -0.620. The number of ether oxygens (including phenoxy) is 1. The molecule has 2 aromatic rings. The second-order valence-electron chi connectivity index (χ2n) is 3.99. The topological polar surface area (TPSA) is 69.4 Å². The third-order valence-corrected chi connectivity index (χ3v) is 2.99. The van der Waals surface area contributed by atoms with Crippen LogP contribution in [0, 0.1) is 10.1 Å². The third kappa shape index (κ3) is 2.78. The van der Waals surface area contributed by atoms with Crippen LogP contribution in [-0.4, -0.2) is 18.0 Å². The van der Waals surface area contributed by atoms with E-state index in [1.807, 2.05) is 0 Å². The van der Waals surface area contributed by atoms with Gasteiger partial charge in [-0.1, -0.05) is 23.7 Å². The maximum absolute atomic E-state index is 11.4. The van der Waals surface area contributed by atoms with E-state index in [0.717, 1.165) is 0 Å². The molecule has 0 spiro atoms. The summed E-state index contributed by atoms with van der Waals surface area (Å²) in [7, 11) is 1.22. The van der Waals surface area contributed by atoms with E-state index in [4.69, 9.17) is 11.6 Å². The highest BCUT2D eigenvalue weighted by Gasteiger charge is 2.19. The number of hydrogen-bond donors (Lipinski definition) is 0. The summed E-state index contributed by atoms with van der Waals surface area (Å²) in [5.41, 5.74) is 0.964. The fourth-order valence-corrected chi connectivity index (χ4v) is 2.02. The summed E-state index contributed by atoms with van der Waals surface area (Å²) in [6, 6.07) is 10.9. The minimum absolute atomic E-state index is 0.130. The van der Waals surface area contributed by atoms with Crippen molar-refractivity contribution in [1.29, 1.82) is 0 Å². The lowest BCUT2D eigenvalue weighted by atomic mass is 10.0. The molecule has 0 atom stereocenters. The maximum atomic E-state index is 11.4. The first-order valence-electron chi connectivity index (χ1n) is 5.65. The molecule has 0 N–H and O–H groups in total. The smallest absolute Gasteiger partial charge is 0.338 e. The lowest BCUT2D eigenvalue weighted by Crippen LogP contribution is -2.02. The van der Waals surface area contributed by atoms with E-state index in [1.165, 1.54) is 25.3 Å². The second-order valence-corrected chi connectivity index (χ2v) is 4.43. The van der Waals surface area contributed by atoms with Crippen molar-refractivity contribution < 1.29 is 14.5 Å². The molecule has 0 heterocycles. The van der Waals surface area contributed by atoms with Gasteiger partial charge in [0.25, 0.3) is 5.69 Å². The molecule has 0 aliphatic rings. The van der Waals surface area contributed by atoms with Crippen molar-refractivity contribution in [2.45, 2.75) is 0 Å². The van der Waals surface area contributed by atoms with Crippen LogP contribution in [0.5, 0.6) is 0 Å². The molecular formula is C14H10ClNO4. The van der Waals surface area contributed by atoms with Crippen LogP contribution in [0.1, 0.15) is 10.4 Å². The number of nitro groups is 1. The first-order chi connectivity index (χ1) is 9.52. The van der Waals surface area contributed by atoms with Gasteiger partial charge in [-0.2, -0.15) is 0 Å². The summed E-state index contributed by atoms with van der Waals surface area (Å²) in [5.74, 6) is -0.620. The predicted octanol–water partition coefficient (Wildman–Crippen LogP) is 3.70. The van der Waals surface area contributed by atoms with Crippen molar-refractivity contribution in [1.82, 2.24) is 0 Å². The zero-order chi connectivity index (χ0) is 14.7. The largest absolute Gasteiger partial charge is 0.465 e. The Morgan fingerprint density at radius 2 is 2.00 bits per heavy atom. The molecule has 0 aliphatic carbocycles. The SMILES string of the molecule is COC(=O)c1ccc(-c2cccc(Cl)c2)c([N+](=O)[O-])c1. The van der Waals surface area contributed by atoms with Crippen LogP contribution in [-0.2, 0) is 4.74 Å². The number of rotatable bonds is 3. The maximum Gasteiger partial charge on any atom is 0.338 e. The van der Waals surface area contributed by atoms with Gasteiger partial charge in [-0.15, -0.1) is 0 Å². The molecule has 6 heteroatoms. The quantitative estimate of drug-likeness (QED) is 0.491. The number of carbonyl (C=O) groups is 1. The van der Waals surface area contributed by atoms with Gasteiger partial charge in [0.05, 0.1) is 23.2 Å². The van der Waals surface area contributed by atoms with Crippen molar-refractivity contribution in [2.75, 3.05) is 7.11 Å². The Labute approximate surface area is 119 Å². The Hall–Kier alpha value is -2.40. The van der Waals surface area contributed by atoms with Crippen LogP contribution in [0.25, 0.3) is 11.1 Å². The Balaban J connectivity index is 2.59. The predicted molar refractivity (Wildman–Crippen MR) is 74.9 cm³/mol. The van der Waals surface area contributed by atoms with E-state index in [9.17, 15) is 14.9 Å². The molecule has 2 aromatic carbocycles. The molecule has 0 bridgehead atoms. The van der Waals surface area contributed by atoms with Gasteiger partial charge in [0.15, 0.2) is 0 Å². The van der Waals surface area contributed by atoms with Crippen LogP contribution < -0.4 is 0 Å². The average molecular weight is 292 g/mol. The van der Waals surface area contributed by atoms with Gasteiger partial charge in [-0.3, -0.25) is 10.1 Å². The van der Waals surface area contributed by atoms with Crippen LogP contribution >= 0.6 is 11.6 Å². The highest BCUT2D eigenvalue weighted by Crippen LogP contribution is 2.32. The van der Waals surface area contributed by atoms with E-state index >= 15 is 0 Å². The molecule has 0 unspecified atom stereocenters. The normalized spacial score (nSPS) is 10.1. The number of hydrogen-bond acceptors (Lipinski definition) is 4. The first kappa shape index (κ1) is 14.0. The molecular weight excluding hydrogens is 282 g/mol. The Morgan fingerprint density at radius 3 is 2.60 bits per heavy atom. The highest BCUT2D eigenvalue weighted by atomic mass is 35.5. The molecule has 0 saturated heterocycles. The van der Waals surface area contributed by atoms with E-state index in [1.54, 1.807) is 24.3 Å². The van der Waals surface area contributed by atoms with Crippen LogP contribution in [0.2, 0.25) is 5.02 Å². The average Bonchev–Trinajstić information content (AvgIpc) is 2.45. The number of methoxy groups -OCH3 is 1. The summed E-state index contributed by atoms with van der Waals surface area (Å²) < 4.78 is 4.55. The Kier molecular flexibility index (Phi) is 4.00. The van der Waals surface area contributed by atoms with Crippen molar-refractivity contribution in [3.05, 3.63) is 63.2 Å². The fourth-order valence-electron chi connectivity index (χ4n) is 1.83. The summed E-state index contributed by atoms with van der Waals surface area (Å²) in [6.07, 6.45) is 0. The van der Waals surface area contributed by atoms with Crippen LogP contribution in [0.3, 0.4) is 0 Å². The fraction of sp³-hybridized carbons (Fsp3) is 0.0714. The van der Waals surface area contributed by atoms with Crippen molar-refractivity contribution in [3.8, 4) is 11.1 Å².